The van der Waals surface area contributed by atoms with Crippen LogP contribution in [0.3, 0.4) is 0 Å². The van der Waals surface area contributed by atoms with E-state index in [1.165, 1.54) is 10.6 Å². The second-order valence-corrected chi connectivity index (χ2v) is 4.03. The maximum atomic E-state index is 13.5. The Hall–Kier alpha value is -1.55. The first-order valence-corrected chi connectivity index (χ1v) is 4.98. The molecule has 2 aromatic rings. The minimum Gasteiger partial charge on any atom is -0.477 e. The standard InChI is InChI=1S/C11H9ClFNO2/c1-5-3-7-6(9(12)10(5)13)4-8(11(15)16)14(7)2/h3-4H,1-2H3,(H,15,16). The highest BCUT2D eigenvalue weighted by atomic mass is 35.5. The molecule has 0 aliphatic rings. The SMILES string of the molecule is Cc1cc2c(cc(C(=O)O)n2C)c(Cl)c1F. The lowest BCUT2D eigenvalue weighted by atomic mass is 10.1. The Balaban J connectivity index is 2.92. The molecule has 2 rings (SSSR count). The molecule has 1 heterocycles. The first-order valence-electron chi connectivity index (χ1n) is 4.60. The Bertz CT molecular complexity index is 604. The molecule has 0 atom stereocenters. The number of fused-ring (bicyclic) bond motifs is 1. The van der Waals surface area contributed by atoms with E-state index in [1.54, 1.807) is 20.0 Å². The minimum atomic E-state index is -1.06. The fourth-order valence-corrected chi connectivity index (χ4v) is 2.03. The predicted octanol–water partition coefficient (Wildman–Crippen LogP) is 2.98. The zero-order valence-corrected chi connectivity index (χ0v) is 9.47. The summed E-state index contributed by atoms with van der Waals surface area (Å²) in [6, 6.07) is 2.96. The van der Waals surface area contributed by atoms with E-state index < -0.39 is 11.8 Å². The summed E-state index contributed by atoms with van der Waals surface area (Å²) in [6.45, 7) is 1.59. The number of aromatic carboxylic acids is 1. The second-order valence-electron chi connectivity index (χ2n) is 3.65. The van der Waals surface area contributed by atoms with Gasteiger partial charge in [0.1, 0.15) is 11.5 Å². The van der Waals surface area contributed by atoms with Gasteiger partial charge in [-0.3, -0.25) is 0 Å². The maximum Gasteiger partial charge on any atom is 0.352 e. The molecular weight excluding hydrogens is 233 g/mol. The number of aryl methyl sites for hydroxylation is 2. The lowest BCUT2D eigenvalue weighted by Gasteiger charge is -2.03. The van der Waals surface area contributed by atoms with Gasteiger partial charge in [0.05, 0.1) is 10.5 Å². The van der Waals surface area contributed by atoms with E-state index in [0.717, 1.165) is 0 Å². The van der Waals surface area contributed by atoms with Gasteiger partial charge in [-0.15, -0.1) is 0 Å². The molecule has 0 saturated heterocycles. The molecule has 0 unspecified atom stereocenters. The topological polar surface area (TPSA) is 42.2 Å². The number of hydrogen-bond donors (Lipinski definition) is 1. The van der Waals surface area contributed by atoms with Crippen LogP contribution in [0.25, 0.3) is 10.9 Å². The van der Waals surface area contributed by atoms with Crippen LogP contribution in [0.1, 0.15) is 16.1 Å². The van der Waals surface area contributed by atoms with Gasteiger partial charge in [0.2, 0.25) is 0 Å². The van der Waals surface area contributed by atoms with E-state index in [2.05, 4.69) is 0 Å². The highest BCUT2D eigenvalue weighted by molar-refractivity contribution is 6.35. The van der Waals surface area contributed by atoms with Gasteiger partial charge in [0.25, 0.3) is 0 Å². The molecule has 16 heavy (non-hydrogen) atoms. The molecular formula is C11H9ClFNO2. The van der Waals surface area contributed by atoms with Gasteiger partial charge in [0, 0.05) is 12.4 Å². The van der Waals surface area contributed by atoms with Crippen LogP contribution >= 0.6 is 11.6 Å². The van der Waals surface area contributed by atoms with Crippen LogP contribution in [-0.2, 0) is 7.05 Å². The van der Waals surface area contributed by atoms with Crippen molar-refractivity contribution in [2.24, 2.45) is 7.05 Å². The van der Waals surface area contributed by atoms with E-state index >= 15 is 0 Å². The zero-order valence-electron chi connectivity index (χ0n) is 8.71. The molecule has 0 spiro atoms. The lowest BCUT2D eigenvalue weighted by molar-refractivity contribution is 0.0687. The van der Waals surface area contributed by atoms with Gasteiger partial charge in [-0.2, -0.15) is 0 Å². The molecule has 1 N–H and O–H groups in total. The van der Waals surface area contributed by atoms with E-state index in [9.17, 15) is 9.18 Å². The number of carboxylic acid groups (broad SMARTS) is 1. The van der Waals surface area contributed by atoms with Crippen LogP contribution in [0.2, 0.25) is 5.02 Å². The third kappa shape index (κ3) is 1.38. The molecule has 0 fully saturated rings. The molecule has 1 aromatic carbocycles. The van der Waals surface area contributed by atoms with Crippen molar-refractivity contribution in [3.8, 4) is 0 Å². The highest BCUT2D eigenvalue weighted by Gasteiger charge is 2.17. The quantitative estimate of drug-likeness (QED) is 0.834. The molecule has 0 saturated carbocycles. The molecule has 5 heteroatoms. The summed E-state index contributed by atoms with van der Waals surface area (Å²) < 4.78 is 15.0. The largest absolute Gasteiger partial charge is 0.477 e. The van der Waals surface area contributed by atoms with Gasteiger partial charge in [-0.05, 0) is 24.6 Å². The van der Waals surface area contributed by atoms with Crippen molar-refractivity contribution >= 4 is 28.5 Å². The van der Waals surface area contributed by atoms with Gasteiger partial charge < -0.3 is 9.67 Å². The van der Waals surface area contributed by atoms with Crippen molar-refractivity contribution < 1.29 is 14.3 Å². The molecule has 3 nitrogen and oxygen atoms in total. The third-order valence-electron chi connectivity index (χ3n) is 2.63. The van der Waals surface area contributed by atoms with Crippen LogP contribution in [-0.4, -0.2) is 15.6 Å². The monoisotopic (exact) mass is 241 g/mol. The fourth-order valence-electron chi connectivity index (χ4n) is 1.73. The van der Waals surface area contributed by atoms with Crippen LogP contribution in [0.4, 0.5) is 4.39 Å². The number of carbonyl (C=O) groups is 1. The Labute approximate surface area is 96.1 Å². The van der Waals surface area contributed by atoms with Crippen LogP contribution in [0, 0.1) is 12.7 Å². The first kappa shape index (κ1) is 11.0. The molecule has 0 amide bonds. The molecule has 0 aliphatic carbocycles. The second kappa shape index (κ2) is 3.49. The van der Waals surface area contributed by atoms with Crippen molar-refractivity contribution in [3.05, 3.63) is 34.2 Å². The maximum absolute atomic E-state index is 13.5. The van der Waals surface area contributed by atoms with Gasteiger partial charge >= 0.3 is 5.97 Å². The summed E-state index contributed by atoms with van der Waals surface area (Å²) in [5.74, 6) is -1.57. The molecule has 84 valence electrons. The molecule has 0 bridgehead atoms. The first-order chi connectivity index (χ1) is 7.43. The highest BCUT2D eigenvalue weighted by Crippen LogP contribution is 2.30. The normalized spacial score (nSPS) is 11.0. The number of halogens is 2. The Morgan fingerprint density at radius 1 is 1.50 bits per heavy atom. The van der Waals surface area contributed by atoms with Gasteiger partial charge in [0.15, 0.2) is 0 Å². The Morgan fingerprint density at radius 2 is 2.12 bits per heavy atom. The van der Waals surface area contributed by atoms with Crippen LogP contribution in [0.15, 0.2) is 12.1 Å². The molecule has 0 aliphatic heterocycles. The van der Waals surface area contributed by atoms with E-state index in [1.807, 2.05) is 0 Å². The number of rotatable bonds is 1. The number of carboxylic acids is 1. The average molecular weight is 242 g/mol. The smallest absolute Gasteiger partial charge is 0.352 e. The number of benzene rings is 1. The molecule has 1 aromatic heterocycles. The van der Waals surface area contributed by atoms with E-state index in [-0.39, 0.29) is 10.7 Å². The van der Waals surface area contributed by atoms with Crippen molar-refractivity contribution in [1.29, 1.82) is 0 Å². The van der Waals surface area contributed by atoms with Crippen molar-refractivity contribution in [3.63, 3.8) is 0 Å². The van der Waals surface area contributed by atoms with Crippen molar-refractivity contribution in [1.82, 2.24) is 4.57 Å². The minimum absolute atomic E-state index is 0.0295. The average Bonchev–Trinajstić information content (AvgIpc) is 2.54. The summed E-state index contributed by atoms with van der Waals surface area (Å²) >= 11 is 5.84. The van der Waals surface area contributed by atoms with Crippen LogP contribution < -0.4 is 0 Å². The van der Waals surface area contributed by atoms with Crippen molar-refractivity contribution in [2.45, 2.75) is 6.92 Å². The number of aromatic nitrogens is 1. The third-order valence-corrected chi connectivity index (χ3v) is 3.00. The van der Waals surface area contributed by atoms with Gasteiger partial charge in [-0.1, -0.05) is 11.6 Å². The predicted molar refractivity (Wildman–Crippen MR) is 59.6 cm³/mol. The summed E-state index contributed by atoms with van der Waals surface area (Å²) in [5, 5.41) is 9.33. The zero-order chi connectivity index (χ0) is 12.0. The molecule has 0 radical (unpaired) electrons. The summed E-state index contributed by atoms with van der Waals surface area (Å²) in [5.41, 5.74) is 1.10. The Morgan fingerprint density at radius 3 is 2.69 bits per heavy atom. The summed E-state index contributed by atoms with van der Waals surface area (Å²) in [7, 11) is 1.61. The van der Waals surface area contributed by atoms with E-state index in [0.29, 0.717) is 16.5 Å². The fraction of sp³-hybridized carbons (Fsp3) is 0.182. The van der Waals surface area contributed by atoms with E-state index in [4.69, 9.17) is 16.7 Å². The lowest BCUT2D eigenvalue weighted by Crippen LogP contribution is -2.03. The Kier molecular flexibility index (Phi) is 2.39. The van der Waals surface area contributed by atoms with Crippen LogP contribution in [0.5, 0.6) is 0 Å². The van der Waals surface area contributed by atoms with Gasteiger partial charge in [-0.25, -0.2) is 9.18 Å². The summed E-state index contributed by atoms with van der Waals surface area (Å²) in [4.78, 5) is 10.9. The summed E-state index contributed by atoms with van der Waals surface area (Å²) in [6.07, 6.45) is 0. The van der Waals surface area contributed by atoms with Crippen molar-refractivity contribution in [2.75, 3.05) is 0 Å². The number of hydrogen-bond acceptors (Lipinski definition) is 1. The number of nitrogens with zero attached hydrogens (tertiary/aromatic N) is 1.